The smallest absolute Gasteiger partial charge is 0.254 e. The van der Waals surface area contributed by atoms with E-state index in [-0.39, 0.29) is 49.9 Å². The second-order valence-electron chi connectivity index (χ2n) is 17.3. The lowest BCUT2D eigenvalue weighted by atomic mass is 9.55. The summed E-state index contributed by atoms with van der Waals surface area (Å²) in [5.74, 6) is -0.340. The van der Waals surface area contributed by atoms with E-state index in [1.54, 1.807) is 48.5 Å². The summed E-state index contributed by atoms with van der Waals surface area (Å²) in [5.41, 5.74) is 3.15. The number of carbonyl (C=O) groups excluding carboxylic acids is 2. The van der Waals surface area contributed by atoms with Crippen LogP contribution in [0.2, 0.25) is 0 Å². The van der Waals surface area contributed by atoms with Crippen LogP contribution >= 0.6 is 0 Å². The van der Waals surface area contributed by atoms with Gasteiger partial charge in [0.25, 0.3) is 5.91 Å². The molecule has 62 heavy (non-hydrogen) atoms. The Morgan fingerprint density at radius 1 is 1.03 bits per heavy atom. The lowest BCUT2D eigenvalue weighted by Gasteiger charge is -2.60. The molecule has 0 aromatic heterocycles. The second kappa shape index (κ2) is 20.6. The van der Waals surface area contributed by atoms with E-state index in [0.29, 0.717) is 71.2 Å². The third kappa shape index (κ3) is 9.91. The van der Waals surface area contributed by atoms with Crippen LogP contribution in [0.25, 0.3) is 0 Å². The Hall–Kier alpha value is -5.48. The number of aldehydes is 1. The van der Waals surface area contributed by atoms with Crippen molar-refractivity contribution >= 4 is 17.9 Å². The molecule has 6 unspecified atom stereocenters. The molecule has 6 atom stereocenters. The van der Waals surface area contributed by atoms with Crippen LogP contribution < -0.4 is 14.2 Å². The number of amides is 1. The number of methoxy groups -OCH3 is 1. The van der Waals surface area contributed by atoms with Gasteiger partial charge in [0.15, 0.2) is 6.29 Å². The van der Waals surface area contributed by atoms with Crippen molar-refractivity contribution in [1.82, 2.24) is 4.90 Å². The first-order chi connectivity index (χ1) is 29.9. The Balaban J connectivity index is 1.61. The average Bonchev–Trinajstić information content (AvgIpc) is 3.27. The fraction of sp³-hybridized carbons (Fsp3) is 0.480. The molecule has 1 heterocycles. The summed E-state index contributed by atoms with van der Waals surface area (Å²) in [7, 11) is 1.51. The number of allylic oxidation sites excluding steroid dienone is 1. The number of oxime groups is 1. The highest BCUT2D eigenvalue weighted by Crippen LogP contribution is 2.62. The summed E-state index contributed by atoms with van der Waals surface area (Å²) in [6.45, 7) is 12.6. The first-order valence-corrected chi connectivity index (χ1v) is 21.8. The van der Waals surface area contributed by atoms with E-state index in [1.165, 1.54) is 7.11 Å². The molecule has 2 aliphatic carbocycles. The molecule has 6 rings (SSSR count). The molecule has 0 spiro atoms. The van der Waals surface area contributed by atoms with Crippen molar-refractivity contribution in [3.8, 4) is 29.1 Å². The zero-order valence-corrected chi connectivity index (χ0v) is 36.7. The molecule has 3 aromatic rings. The molecule has 2 N–H and O–H groups in total. The Labute approximate surface area is 365 Å². The maximum absolute atomic E-state index is 14.9. The van der Waals surface area contributed by atoms with Crippen LogP contribution in [-0.2, 0) is 9.57 Å². The third-order valence-corrected chi connectivity index (χ3v) is 12.0. The number of nitriles is 1. The third-order valence-electron chi connectivity index (χ3n) is 12.0. The minimum atomic E-state index is -1.43. The van der Waals surface area contributed by atoms with Crippen LogP contribution in [0.15, 0.2) is 90.1 Å². The maximum Gasteiger partial charge on any atom is 0.254 e. The van der Waals surface area contributed by atoms with Gasteiger partial charge < -0.3 is 38.9 Å². The highest BCUT2D eigenvalue weighted by Gasteiger charge is 2.65. The van der Waals surface area contributed by atoms with E-state index in [2.05, 4.69) is 18.7 Å². The minimum Gasteiger partial charge on any atom is -0.496 e. The van der Waals surface area contributed by atoms with E-state index >= 15 is 0 Å². The van der Waals surface area contributed by atoms with Gasteiger partial charge in [-0.15, -0.1) is 6.58 Å². The predicted molar refractivity (Wildman–Crippen MR) is 237 cm³/mol. The standard InChI is InChI=1S/C50H61N3O9/c1-7-23-53(48(57)34-17-15-33(31-51)16-18-34)45-30-42(52-62-49(3,4)5)40-28-35(13-9-11-24-54)39(14-10-12-25-55)46-41-29-38(60-37-19-21-43(58-6)36(27-37)32-56)20-22-44(41)61-50(45,47(40)46)59-26-8-2/h8,15-22,27-29,32,35,39,45-47,54-55H,2,7,9-14,23-26,30H2,1,3-6H3. The number of aliphatic hydroxyl groups excluding tert-OH is 2. The molecule has 3 aromatic carbocycles. The fourth-order valence-corrected chi connectivity index (χ4v) is 9.40. The van der Waals surface area contributed by atoms with Crippen molar-refractivity contribution in [2.45, 2.75) is 102 Å². The van der Waals surface area contributed by atoms with Crippen molar-refractivity contribution in [2.75, 3.05) is 33.5 Å². The lowest BCUT2D eigenvalue weighted by Crippen LogP contribution is -2.70. The largest absolute Gasteiger partial charge is 0.496 e. The summed E-state index contributed by atoms with van der Waals surface area (Å²) >= 11 is 0. The van der Waals surface area contributed by atoms with Crippen molar-refractivity contribution in [1.29, 1.82) is 5.26 Å². The quantitative estimate of drug-likeness (QED) is 0.0486. The predicted octanol–water partition coefficient (Wildman–Crippen LogP) is 9.16. The molecule has 330 valence electrons. The zero-order chi connectivity index (χ0) is 44.4. The fourth-order valence-electron chi connectivity index (χ4n) is 9.40. The number of unbranched alkanes of at least 4 members (excludes halogenated alkanes) is 2. The van der Waals surface area contributed by atoms with Gasteiger partial charge in [0.05, 0.1) is 42.5 Å². The number of carbonyl (C=O) groups is 2. The van der Waals surface area contributed by atoms with Gasteiger partial charge in [0, 0.05) is 43.2 Å². The van der Waals surface area contributed by atoms with Crippen LogP contribution in [-0.4, -0.2) is 83.9 Å². The van der Waals surface area contributed by atoms with E-state index in [1.807, 2.05) is 50.8 Å². The van der Waals surface area contributed by atoms with E-state index < -0.39 is 23.3 Å². The highest BCUT2D eigenvalue weighted by atomic mass is 16.7. The number of hydrogen-bond acceptors (Lipinski definition) is 11. The normalized spacial score (nSPS) is 23.2. The van der Waals surface area contributed by atoms with Gasteiger partial charge in [-0.2, -0.15) is 5.26 Å². The van der Waals surface area contributed by atoms with Crippen LogP contribution in [0.1, 0.15) is 117 Å². The van der Waals surface area contributed by atoms with Gasteiger partial charge in [-0.05, 0) is 131 Å². The van der Waals surface area contributed by atoms with Crippen molar-refractivity contribution in [3.63, 3.8) is 0 Å². The second-order valence-corrected chi connectivity index (χ2v) is 17.3. The molecule has 1 fully saturated rings. The summed E-state index contributed by atoms with van der Waals surface area (Å²) in [5, 5.41) is 34.4. The summed E-state index contributed by atoms with van der Waals surface area (Å²) in [6.07, 6.45) is 10.1. The first-order valence-electron chi connectivity index (χ1n) is 21.8. The summed E-state index contributed by atoms with van der Waals surface area (Å²) in [6, 6.07) is 18.9. The Bertz CT molecular complexity index is 2150. The number of nitrogens with zero attached hydrogens (tertiary/aromatic N) is 3. The number of ether oxygens (including phenoxy) is 4. The van der Waals surface area contributed by atoms with E-state index in [4.69, 9.17) is 28.9 Å². The van der Waals surface area contributed by atoms with Crippen molar-refractivity contribution in [3.05, 3.63) is 107 Å². The van der Waals surface area contributed by atoms with Crippen LogP contribution in [0.5, 0.6) is 23.0 Å². The van der Waals surface area contributed by atoms with Crippen molar-refractivity contribution < 1.29 is 43.6 Å². The number of fused-ring (bicyclic) bond motifs is 2. The summed E-state index contributed by atoms with van der Waals surface area (Å²) < 4.78 is 26.3. The van der Waals surface area contributed by atoms with Gasteiger partial charge in [-0.3, -0.25) is 9.59 Å². The Morgan fingerprint density at radius 3 is 2.39 bits per heavy atom. The molecule has 0 bridgehead atoms. The zero-order valence-electron chi connectivity index (χ0n) is 36.7. The molecule has 0 radical (unpaired) electrons. The monoisotopic (exact) mass is 847 g/mol. The molecular weight excluding hydrogens is 787 g/mol. The molecule has 12 heteroatoms. The number of rotatable bonds is 20. The maximum atomic E-state index is 14.9. The Morgan fingerprint density at radius 2 is 1.74 bits per heavy atom. The van der Waals surface area contributed by atoms with E-state index in [9.17, 15) is 25.1 Å². The summed E-state index contributed by atoms with van der Waals surface area (Å²) in [4.78, 5) is 34.9. The molecule has 1 aliphatic heterocycles. The van der Waals surface area contributed by atoms with Crippen LogP contribution in [0.3, 0.4) is 0 Å². The van der Waals surface area contributed by atoms with Gasteiger partial charge in [-0.1, -0.05) is 37.1 Å². The minimum absolute atomic E-state index is 0.0126. The number of hydrogen-bond donors (Lipinski definition) is 2. The topological polar surface area (TPSA) is 160 Å². The van der Waals surface area contributed by atoms with Crippen LogP contribution in [0, 0.1) is 29.1 Å². The highest BCUT2D eigenvalue weighted by molar-refractivity contribution is 6.03. The molecular formula is C50H61N3O9. The molecule has 12 nitrogen and oxygen atoms in total. The van der Waals surface area contributed by atoms with Crippen molar-refractivity contribution in [2.24, 2.45) is 22.9 Å². The Kier molecular flexibility index (Phi) is 15.3. The van der Waals surface area contributed by atoms with Gasteiger partial charge >= 0.3 is 0 Å². The molecule has 1 saturated carbocycles. The van der Waals surface area contributed by atoms with Gasteiger partial charge in [0.1, 0.15) is 34.6 Å². The van der Waals surface area contributed by atoms with Crippen LogP contribution in [0.4, 0.5) is 0 Å². The van der Waals surface area contributed by atoms with Gasteiger partial charge in [-0.25, -0.2) is 0 Å². The number of benzene rings is 3. The first kappa shape index (κ1) is 46.0. The molecule has 0 saturated heterocycles. The van der Waals surface area contributed by atoms with Gasteiger partial charge in [0.2, 0.25) is 5.79 Å². The lowest BCUT2D eigenvalue weighted by molar-refractivity contribution is -0.254. The SMILES string of the molecule is C=CCOC12Oc3ccc(Oc4ccc(OC)c(C=O)c4)cc3C3C(CCCCO)C(CCCCO)C=C(C(=NOC(C)(C)C)CC1N(CCC)C(=O)c1ccc(C#N)cc1)C32. The molecule has 1 amide bonds. The molecule has 3 aliphatic rings. The average molecular weight is 848 g/mol. The van der Waals surface area contributed by atoms with E-state index in [0.717, 1.165) is 43.1 Å². The number of aliphatic hydroxyl groups is 2.